The molecule has 1 N–H and O–H groups in total. The van der Waals surface area contributed by atoms with Gasteiger partial charge in [0.05, 0.1) is 0 Å². The van der Waals surface area contributed by atoms with Crippen molar-refractivity contribution in [2.75, 3.05) is 6.54 Å². The van der Waals surface area contributed by atoms with Crippen molar-refractivity contribution in [3.63, 3.8) is 0 Å². The second-order valence-corrected chi connectivity index (χ2v) is 6.70. The van der Waals surface area contributed by atoms with Gasteiger partial charge in [0, 0.05) is 6.04 Å². The molecule has 1 unspecified atom stereocenters. The molecular formula is C10H15NO4S2. The summed E-state index contributed by atoms with van der Waals surface area (Å²) in [6.45, 7) is 3.02. The van der Waals surface area contributed by atoms with Crippen LogP contribution in [0.4, 0.5) is 0 Å². The Morgan fingerprint density at radius 2 is 2.24 bits per heavy atom. The summed E-state index contributed by atoms with van der Waals surface area (Å²) >= 11 is 1.09. The van der Waals surface area contributed by atoms with E-state index in [4.69, 9.17) is 5.11 Å². The monoisotopic (exact) mass is 277 g/mol. The first-order valence-electron chi connectivity index (χ1n) is 5.16. The van der Waals surface area contributed by atoms with Gasteiger partial charge in [0.1, 0.15) is 10.8 Å². The summed E-state index contributed by atoms with van der Waals surface area (Å²) in [5.41, 5.74) is 0. The summed E-state index contributed by atoms with van der Waals surface area (Å²) in [5, 5.41) is 10.4. The van der Waals surface area contributed by atoms with Gasteiger partial charge in [-0.25, -0.2) is 8.42 Å². The van der Waals surface area contributed by atoms with Gasteiger partial charge < -0.3 is 5.11 Å². The molecule has 0 fully saturated rings. The van der Waals surface area contributed by atoms with Crippen molar-refractivity contribution in [2.45, 2.75) is 30.5 Å². The first-order chi connectivity index (χ1) is 7.89. The first kappa shape index (κ1) is 14.1. The Labute approximate surface area is 105 Å². The Bertz CT molecular complexity index is 467. The molecule has 0 amide bonds. The standard InChI is InChI=1S/C10H15NO4S2/c1-3-8(2)11(7-9(12)13)17(14,15)10-5-4-6-16-10/h4-6,8H,3,7H2,1-2H3,(H,12,13). The van der Waals surface area contributed by atoms with Crippen LogP contribution in [0.2, 0.25) is 0 Å². The lowest BCUT2D eigenvalue weighted by molar-refractivity contribution is -0.137. The van der Waals surface area contributed by atoms with Gasteiger partial charge in [0.15, 0.2) is 0 Å². The fraction of sp³-hybridized carbons (Fsp3) is 0.500. The molecule has 0 saturated carbocycles. The lowest BCUT2D eigenvalue weighted by Gasteiger charge is -2.25. The Hall–Kier alpha value is -0.920. The third-order valence-electron chi connectivity index (χ3n) is 2.43. The fourth-order valence-corrected chi connectivity index (χ4v) is 4.11. The molecule has 1 rings (SSSR count). The predicted molar refractivity (Wildman–Crippen MR) is 65.6 cm³/mol. The molecule has 7 heteroatoms. The van der Waals surface area contributed by atoms with Gasteiger partial charge in [-0.05, 0) is 24.8 Å². The highest BCUT2D eigenvalue weighted by Gasteiger charge is 2.30. The summed E-state index contributed by atoms with van der Waals surface area (Å²) in [6, 6.07) is 2.78. The minimum Gasteiger partial charge on any atom is -0.480 e. The molecular weight excluding hydrogens is 262 g/mol. The summed E-state index contributed by atoms with van der Waals surface area (Å²) in [7, 11) is -3.69. The van der Waals surface area contributed by atoms with Gasteiger partial charge in [-0.3, -0.25) is 4.79 Å². The van der Waals surface area contributed by atoms with Crippen LogP contribution in [-0.4, -0.2) is 36.4 Å². The Morgan fingerprint density at radius 3 is 2.65 bits per heavy atom. The molecule has 5 nitrogen and oxygen atoms in total. The molecule has 96 valence electrons. The molecule has 1 aromatic heterocycles. The number of thiophene rings is 1. The fourth-order valence-electron chi connectivity index (χ4n) is 1.34. The minimum atomic E-state index is -3.69. The second kappa shape index (κ2) is 5.61. The van der Waals surface area contributed by atoms with Gasteiger partial charge in [0.2, 0.25) is 0 Å². The molecule has 0 saturated heterocycles. The normalized spacial score (nSPS) is 13.8. The largest absolute Gasteiger partial charge is 0.480 e. The average molecular weight is 277 g/mol. The third kappa shape index (κ3) is 3.27. The average Bonchev–Trinajstić information content (AvgIpc) is 2.78. The van der Waals surface area contributed by atoms with Gasteiger partial charge in [-0.2, -0.15) is 4.31 Å². The van der Waals surface area contributed by atoms with Crippen LogP contribution in [-0.2, 0) is 14.8 Å². The zero-order valence-electron chi connectivity index (χ0n) is 9.66. The van der Waals surface area contributed by atoms with Crippen molar-refractivity contribution < 1.29 is 18.3 Å². The van der Waals surface area contributed by atoms with Crippen LogP contribution in [0.15, 0.2) is 21.7 Å². The highest BCUT2D eigenvalue weighted by atomic mass is 32.2. The van der Waals surface area contributed by atoms with E-state index in [1.807, 2.05) is 6.92 Å². The molecule has 0 aromatic carbocycles. The molecule has 1 heterocycles. The van der Waals surface area contributed by atoms with Crippen LogP contribution < -0.4 is 0 Å². The van der Waals surface area contributed by atoms with Crippen LogP contribution in [0.25, 0.3) is 0 Å². The van der Waals surface area contributed by atoms with Gasteiger partial charge in [0.25, 0.3) is 10.0 Å². The molecule has 0 aliphatic rings. The van der Waals surface area contributed by atoms with Crippen molar-refractivity contribution in [2.24, 2.45) is 0 Å². The number of carboxylic acids is 1. The minimum absolute atomic E-state index is 0.180. The van der Waals surface area contributed by atoms with E-state index in [0.717, 1.165) is 15.6 Å². The topological polar surface area (TPSA) is 74.7 Å². The summed E-state index contributed by atoms with van der Waals surface area (Å²) in [6.07, 6.45) is 0.567. The van der Waals surface area contributed by atoms with E-state index in [1.54, 1.807) is 18.4 Å². The van der Waals surface area contributed by atoms with E-state index in [0.29, 0.717) is 6.42 Å². The maximum atomic E-state index is 12.2. The van der Waals surface area contributed by atoms with Crippen molar-refractivity contribution >= 4 is 27.3 Å². The van der Waals surface area contributed by atoms with Crippen LogP contribution in [0.1, 0.15) is 20.3 Å². The van der Waals surface area contributed by atoms with Crippen LogP contribution in [0.3, 0.4) is 0 Å². The summed E-state index contributed by atoms with van der Waals surface area (Å²) < 4.78 is 25.6. The zero-order valence-corrected chi connectivity index (χ0v) is 11.3. The highest BCUT2D eigenvalue weighted by molar-refractivity contribution is 7.91. The Morgan fingerprint density at radius 1 is 1.59 bits per heavy atom. The van der Waals surface area contributed by atoms with Gasteiger partial charge in [-0.1, -0.05) is 13.0 Å². The molecule has 0 aliphatic carbocycles. The number of rotatable bonds is 6. The SMILES string of the molecule is CCC(C)N(CC(=O)O)S(=O)(=O)c1cccs1. The van der Waals surface area contributed by atoms with E-state index in [-0.39, 0.29) is 10.3 Å². The third-order valence-corrected chi connectivity index (χ3v) is 5.76. The van der Waals surface area contributed by atoms with Crippen LogP contribution in [0, 0.1) is 0 Å². The van der Waals surface area contributed by atoms with E-state index in [2.05, 4.69) is 0 Å². The number of aliphatic carboxylic acids is 1. The smallest absolute Gasteiger partial charge is 0.318 e. The van der Waals surface area contributed by atoms with Gasteiger partial charge >= 0.3 is 5.97 Å². The quantitative estimate of drug-likeness (QED) is 0.857. The predicted octanol–water partition coefficient (Wildman–Crippen LogP) is 1.62. The molecule has 1 aromatic rings. The maximum absolute atomic E-state index is 12.2. The van der Waals surface area contributed by atoms with Gasteiger partial charge in [-0.15, -0.1) is 11.3 Å². The summed E-state index contributed by atoms with van der Waals surface area (Å²) in [4.78, 5) is 10.7. The molecule has 17 heavy (non-hydrogen) atoms. The Balaban J connectivity index is 3.09. The van der Waals surface area contributed by atoms with E-state index >= 15 is 0 Å². The summed E-state index contributed by atoms with van der Waals surface area (Å²) in [5.74, 6) is -1.15. The lowest BCUT2D eigenvalue weighted by atomic mass is 10.2. The Kier molecular flexibility index (Phi) is 4.67. The molecule has 0 aliphatic heterocycles. The van der Waals surface area contributed by atoms with Crippen molar-refractivity contribution in [1.29, 1.82) is 0 Å². The second-order valence-electron chi connectivity index (χ2n) is 3.63. The number of carboxylic acid groups (broad SMARTS) is 1. The van der Waals surface area contributed by atoms with E-state index in [9.17, 15) is 13.2 Å². The van der Waals surface area contributed by atoms with E-state index < -0.39 is 22.5 Å². The van der Waals surface area contributed by atoms with Crippen molar-refractivity contribution in [3.05, 3.63) is 17.5 Å². The van der Waals surface area contributed by atoms with Crippen LogP contribution >= 0.6 is 11.3 Å². The molecule has 1 atom stereocenters. The zero-order chi connectivity index (χ0) is 13.1. The highest BCUT2D eigenvalue weighted by Crippen LogP contribution is 2.23. The molecule has 0 bridgehead atoms. The number of carbonyl (C=O) groups is 1. The number of nitrogens with zero attached hydrogens (tertiary/aromatic N) is 1. The number of sulfonamides is 1. The maximum Gasteiger partial charge on any atom is 0.318 e. The first-order valence-corrected chi connectivity index (χ1v) is 7.48. The van der Waals surface area contributed by atoms with Crippen LogP contribution in [0.5, 0.6) is 0 Å². The molecule has 0 radical (unpaired) electrons. The van der Waals surface area contributed by atoms with Crippen molar-refractivity contribution in [1.82, 2.24) is 4.31 Å². The lowest BCUT2D eigenvalue weighted by Crippen LogP contribution is -2.41. The van der Waals surface area contributed by atoms with Crippen molar-refractivity contribution in [3.8, 4) is 0 Å². The number of hydrogen-bond donors (Lipinski definition) is 1. The number of hydrogen-bond acceptors (Lipinski definition) is 4. The molecule has 0 spiro atoms. The van der Waals surface area contributed by atoms with E-state index in [1.165, 1.54) is 6.07 Å².